The van der Waals surface area contributed by atoms with Crippen molar-refractivity contribution in [2.24, 2.45) is 0 Å². The molecule has 0 aliphatic heterocycles. The van der Waals surface area contributed by atoms with E-state index in [-0.39, 0.29) is 16.3 Å². The van der Waals surface area contributed by atoms with Gasteiger partial charge in [-0.15, -0.1) is 0 Å². The molecule has 2 aromatic rings. The highest BCUT2D eigenvalue weighted by Crippen LogP contribution is 2.20. The zero-order valence-electron chi connectivity index (χ0n) is 12.1. The lowest BCUT2D eigenvalue weighted by molar-refractivity contribution is -0.384. The number of carbonyl (C=O) groups is 1. The largest absolute Gasteiger partial charge is 0.478 e. The average molecular weight is 348 g/mol. The van der Waals surface area contributed by atoms with E-state index < -0.39 is 20.9 Å². The van der Waals surface area contributed by atoms with Crippen molar-refractivity contribution < 1.29 is 23.2 Å². The van der Waals surface area contributed by atoms with Gasteiger partial charge in [-0.25, -0.2) is 13.2 Å². The van der Waals surface area contributed by atoms with Gasteiger partial charge < -0.3 is 5.11 Å². The van der Waals surface area contributed by atoms with Gasteiger partial charge in [-0.3, -0.25) is 14.8 Å². The van der Waals surface area contributed by atoms with Gasteiger partial charge in [0.05, 0.1) is 9.82 Å². The summed E-state index contributed by atoms with van der Waals surface area (Å²) in [5.74, 6) is -1.12. The fourth-order valence-electron chi connectivity index (χ4n) is 1.83. The summed E-state index contributed by atoms with van der Waals surface area (Å²) in [5, 5.41) is 19.2. The Morgan fingerprint density at radius 3 is 2.42 bits per heavy atom. The number of nitrogens with zero attached hydrogens (tertiary/aromatic N) is 1. The SMILES string of the molecule is O=C(O)/C=C/c1cccc(NS(=O)(=O)c2ccc([N+](=O)[O-])cc2)c1. The second-order valence-corrected chi connectivity index (χ2v) is 6.34. The molecule has 0 aliphatic carbocycles. The number of nitrogens with one attached hydrogen (secondary N) is 1. The molecule has 0 fully saturated rings. The highest BCUT2D eigenvalue weighted by atomic mass is 32.2. The van der Waals surface area contributed by atoms with E-state index in [0.717, 1.165) is 30.3 Å². The first-order valence-electron chi connectivity index (χ1n) is 6.56. The van der Waals surface area contributed by atoms with Crippen molar-refractivity contribution in [3.8, 4) is 0 Å². The molecule has 8 nitrogen and oxygen atoms in total. The zero-order chi connectivity index (χ0) is 17.7. The van der Waals surface area contributed by atoms with Crippen LogP contribution in [0.5, 0.6) is 0 Å². The van der Waals surface area contributed by atoms with E-state index in [4.69, 9.17) is 5.11 Å². The molecule has 0 aromatic heterocycles. The Hall–Kier alpha value is -3.20. The van der Waals surface area contributed by atoms with Gasteiger partial charge in [0, 0.05) is 23.9 Å². The Morgan fingerprint density at radius 1 is 1.17 bits per heavy atom. The normalized spacial score (nSPS) is 11.3. The number of rotatable bonds is 6. The van der Waals surface area contributed by atoms with Crippen LogP contribution in [0, 0.1) is 10.1 Å². The lowest BCUT2D eigenvalue weighted by atomic mass is 10.2. The molecule has 2 N–H and O–H groups in total. The predicted molar refractivity (Wildman–Crippen MR) is 87.0 cm³/mol. The van der Waals surface area contributed by atoms with Crippen LogP contribution >= 0.6 is 0 Å². The number of hydrogen-bond donors (Lipinski definition) is 2. The standard InChI is InChI=1S/C15H12N2O6S/c18-15(19)9-4-11-2-1-3-12(10-11)16-24(22,23)14-7-5-13(6-8-14)17(20)21/h1-10,16H,(H,18,19)/b9-4+. The number of carboxylic acid groups (broad SMARTS) is 1. The van der Waals surface area contributed by atoms with Crippen LogP contribution < -0.4 is 4.72 Å². The van der Waals surface area contributed by atoms with Gasteiger partial charge in [0.1, 0.15) is 0 Å². The Kier molecular flexibility index (Phi) is 4.95. The second kappa shape index (κ2) is 6.92. The molecular formula is C15H12N2O6S. The van der Waals surface area contributed by atoms with Crippen LogP contribution in [0.25, 0.3) is 6.08 Å². The maximum atomic E-state index is 12.3. The second-order valence-electron chi connectivity index (χ2n) is 4.65. The fourth-order valence-corrected chi connectivity index (χ4v) is 2.88. The van der Waals surface area contributed by atoms with Gasteiger partial charge in [0.15, 0.2) is 0 Å². The summed E-state index contributed by atoms with van der Waals surface area (Å²) in [6.07, 6.45) is 2.26. The molecular weight excluding hydrogens is 336 g/mol. The van der Waals surface area contributed by atoms with E-state index in [0.29, 0.717) is 5.56 Å². The Balaban J connectivity index is 2.24. The molecule has 0 bridgehead atoms. The van der Waals surface area contributed by atoms with Crippen LogP contribution in [0.3, 0.4) is 0 Å². The monoisotopic (exact) mass is 348 g/mol. The van der Waals surface area contributed by atoms with Crippen molar-refractivity contribution in [1.82, 2.24) is 0 Å². The molecule has 0 atom stereocenters. The van der Waals surface area contributed by atoms with Gasteiger partial charge in [-0.05, 0) is 35.9 Å². The van der Waals surface area contributed by atoms with Crippen LogP contribution in [0.4, 0.5) is 11.4 Å². The van der Waals surface area contributed by atoms with Crippen LogP contribution in [-0.4, -0.2) is 24.4 Å². The van der Waals surface area contributed by atoms with Crippen LogP contribution in [-0.2, 0) is 14.8 Å². The first-order chi connectivity index (χ1) is 11.3. The van der Waals surface area contributed by atoms with Crippen molar-refractivity contribution in [2.75, 3.05) is 4.72 Å². The number of anilines is 1. The molecule has 124 valence electrons. The van der Waals surface area contributed by atoms with Crippen LogP contribution in [0.15, 0.2) is 59.5 Å². The fraction of sp³-hybridized carbons (Fsp3) is 0. The first-order valence-corrected chi connectivity index (χ1v) is 8.04. The van der Waals surface area contributed by atoms with Crippen molar-refractivity contribution in [1.29, 1.82) is 0 Å². The Morgan fingerprint density at radius 2 is 1.83 bits per heavy atom. The summed E-state index contributed by atoms with van der Waals surface area (Å²) in [6.45, 7) is 0. The molecule has 0 spiro atoms. The first kappa shape index (κ1) is 17.2. The van der Waals surface area contributed by atoms with Crippen LogP contribution in [0.2, 0.25) is 0 Å². The summed E-state index contributed by atoms with van der Waals surface area (Å²) in [4.78, 5) is 20.3. The molecule has 0 radical (unpaired) electrons. The van der Waals surface area contributed by atoms with Crippen molar-refractivity contribution in [3.63, 3.8) is 0 Å². The quantitative estimate of drug-likeness (QED) is 0.469. The topological polar surface area (TPSA) is 127 Å². The molecule has 2 rings (SSSR count). The van der Waals surface area contributed by atoms with Crippen molar-refractivity contribution in [3.05, 3.63) is 70.3 Å². The lowest BCUT2D eigenvalue weighted by Crippen LogP contribution is -2.12. The summed E-state index contributed by atoms with van der Waals surface area (Å²) in [5.41, 5.74) is 0.525. The van der Waals surface area contributed by atoms with Crippen LogP contribution in [0.1, 0.15) is 5.56 Å². The Labute approximate surface area is 137 Å². The molecule has 0 aliphatic rings. The molecule has 2 aromatic carbocycles. The molecule has 0 unspecified atom stereocenters. The van der Waals surface area contributed by atoms with Gasteiger partial charge in [0.2, 0.25) is 0 Å². The predicted octanol–water partition coefficient (Wildman–Crippen LogP) is 2.49. The minimum absolute atomic E-state index is 0.125. The smallest absolute Gasteiger partial charge is 0.328 e. The minimum atomic E-state index is -3.92. The summed E-state index contributed by atoms with van der Waals surface area (Å²) < 4.78 is 26.9. The van der Waals surface area contributed by atoms with Crippen molar-refractivity contribution >= 4 is 33.4 Å². The van der Waals surface area contributed by atoms with Gasteiger partial charge in [-0.1, -0.05) is 12.1 Å². The van der Waals surface area contributed by atoms with E-state index in [1.54, 1.807) is 12.1 Å². The molecule has 24 heavy (non-hydrogen) atoms. The number of hydrogen-bond acceptors (Lipinski definition) is 5. The summed E-state index contributed by atoms with van der Waals surface area (Å²) >= 11 is 0. The van der Waals surface area contributed by atoms with Crippen molar-refractivity contribution in [2.45, 2.75) is 4.90 Å². The summed E-state index contributed by atoms with van der Waals surface area (Å²) in [6, 6.07) is 10.6. The number of sulfonamides is 1. The number of non-ortho nitro benzene ring substituents is 1. The van der Waals surface area contributed by atoms with Gasteiger partial charge >= 0.3 is 5.97 Å². The molecule has 0 heterocycles. The van der Waals surface area contributed by atoms with E-state index in [9.17, 15) is 23.3 Å². The molecule has 0 saturated carbocycles. The lowest BCUT2D eigenvalue weighted by Gasteiger charge is -2.08. The third-order valence-electron chi connectivity index (χ3n) is 2.92. The number of benzene rings is 2. The van der Waals surface area contributed by atoms with E-state index in [2.05, 4.69) is 4.72 Å². The number of aliphatic carboxylic acids is 1. The maximum absolute atomic E-state index is 12.3. The van der Waals surface area contributed by atoms with Gasteiger partial charge in [0.25, 0.3) is 15.7 Å². The third kappa shape index (κ3) is 4.40. The van der Waals surface area contributed by atoms with E-state index in [1.165, 1.54) is 18.2 Å². The molecule has 9 heteroatoms. The minimum Gasteiger partial charge on any atom is -0.478 e. The number of carboxylic acids is 1. The Bertz CT molecular complexity index is 904. The van der Waals surface area contributed by atoms with Gasteiger partial charge in [-0.2, -0.15) is 0 Å². The highest BCUT2D eigenvalue weighted by molar-refractivity contribution is 7.92. The maximum Gasteiger partial charge on any atom is 0.328 e. The van der Waals surface area contributed by atoms with E-state index in [1.807, 2.05) is 0 Å². The number of nitro benzene ring substituents is 1. The molecule has 0 amide bonds. The highest BCUT2D eigenvalue weighted by Gasteiger charge is 2.16. The molecule has 0 saturated heterocycles. The number of nitro groups is 1. The van der Waals surface area contributed by atoms with E-state index >= 15 is 0 Å². The zero-order valence-corrected chi connectivity index (χ0v) is 12.9. The summed E-state index contributed by atoms with van der Waals surface area (Å²) in [7, 11) is -3.92. The third-order valence-corrected chi connectivity index (χ3v) is 4.31. The average Bonchev–Trinajstić information content (AvgIpc) is 2.53.